The Morgan fingerprint density at radius 2 is 1.97 bits per heavy atom. The molecule has 0 spiro atoms. The Hall–Kier alpha value is -2.59. The molecule has 29 heavy (non-hydrogen) atoms. The zero-order chi connectivity index (χ0) is 20.2. The van der Waals surface area contributed by atoms with Gasteiger partial charge in [0.1, 0.15) is 24.2 Å². The fraction of sp³-hybridized carbons (Fsp3) is 0.217. The summed E-state index contributed by atoms with van der Waals surface area (Å²) in [5.74, 6) is -0.166. The molecule has 0 fully saturated rings. The molecular weight excluding hydrogens is 398 g/mol. The van der Waals surface area contributed by atoms with Gasteiger partial charge in [0.05, 0.1) is 17.0 Å². The fourth-order valence-electron chi connectivity index (χ4n) is 3.70. The highest BCUT2D eigenvalue weighted by Gasteiger charge is 2.27. The van der Waals surface area contributed by atoms with Crippen molar-refractivity contribution in [1.82, 2.24) is 0 Å². The molecule has 0 saturated heterocycles. The van der Waals surface area contributed by atoms with E-state index >= 15 is 0 Å². The van der Waals surface area contributed by atoms with Crippen molar-refractivity contribution >= 4 is 34.0 Å². The average Bonchev–Trinajstić information content (AvgIpc) is 3.10. The first-order valence-corrected chi connectivity index (χ1v) is 11.6. The number of amides is 1. The first-order chi connectivity index (χ1) is 14.2. The molecule has 0 saturated carbocycles. The van der Waals surface area contributed by atoms with Gasteiger partial charge in [0.25, 0.3) is 5.91 Å². The largest absolute Gasteiger partial charge is 0.326 e. The number of hydrogen-bond acceptors (Lipinski definition) is 4. The van der Waals surface area contributed by atoms with Crippen LogP contribution in [0.15, 0.2) is 59.5 Å². The molecule has 4 nitrogen and oxygen atoms in total. The highest BCUT2D eigenvalue weighted by molar-refractivity contribution is 7.98. The number of nitriles is 1. The van der Waals surface area contributed by atoms with Crippen LogP contribution in [-0.4, -0.2) is 18.7 Å². The number of carbonyl (C=O) groups excluding carboxylic acids is 1. The summed E-state index contributed by atoms with van der Waals surface area (Å²) in [5.41, 5.74) is 3.68. The normalized spacial score (nSPS) is 15.4. The van der Waals surface area contributed by atoms with Crippen LogP contribution in [0.2, 0.25) is 0 Å². The van der Waals surface area contributed by atoms with Crippen LogP contribution < -0.4 is 10.2 Å². The molecule has 4 rings (SSSR count). The minimum absolute atomic E-state index is 0.166. The van der Waals surface area contributed by atoms with Crippen LogP contribution in [0.3, 0.4) is 0 Å². The number of thiophene rings is 1. The van der Waals surface area contributed by atoms with Gasteiger partial charge >= 0.3 is 0 Å². The molecule has 146 valence electrons. The third-order valence-electron chi connectivity index (χ3n) is 5.22. The highest BCUT2D eigenvalue weighted by Crippen LogP contribution is 2.34. The zero-order valence-corrected chi connectivity index (χ0v) is 17.8. The second-order valence-corrected chi connectivity index (χ2v) is 9.08. The summed E-state index contributed by atoms with van der Waals surface area (Å²) in [6.07, 6.45) is 2.88. The smallest absolute Gasteiger partial charge is 0.256 e. The summed E-state index contributed by atoms with van der Waals surface area (Å²) in [4.78, 5) is 16.5. The number of thioether (sulfide) groups is 1. The number of anilines is 1. The monoisotopic (exact) mass is 420 g/mol. The molecule has 6 heteroatoms. The number of fused-ring (bicyclic) bond motifs is 1. The lowest BCUT2D eigenvalue weighted by Gasteiger charge is -2.23. The minimum Gasteiger partial charge on any atom is -0.326 e. The zero-order valence-electron chi connectivity index (χ0n) is 16.2. The fourth-order valence-corrected chi connectivity index (χ4v) is 5.37. The summed E-state index contributed by atoms with van der Waals surface area (Å²) in [5, 5.41) is 13.4. The lowest BCUT2D eigenvalue weighted by atomic mass is 10.0. The molecular formula is C23H22N3OS2+. The van der Waals surface area contributed by atoms with Gasteiger partial charge in [0.2, 0.25) is 0 Å². The van der Waals surface area contributed by atoms with Crippen molar-refractivity contribution in [3.05, 3.63) is 81.7 Å². The maximum Gasteiger partial charge on any atom is 0.256 e. The molecule has 2 N–H and O–H groups in total. The molecule has 2 aromatic carbocycles. The molecule has 1 aromatic heterocycles. The predicted octanol–water partition coefficient (Wildman–Crippen LogP) is 3.74. The third-order valence-corrected chi connectivity index (χ3v) is 7.11. The molecule has 1 aliphatic rings. The Labute approximate surface area is 179 Å². The van der Waals surface area contributed by atoms with Crippen molar-refractivity contribution < 1.29 is 9.69 Å². The SMILES string of the molecule is CSc1ccc(C(=O)Nc2sc3c(c2C#N)CC[NH+](Cc2ccccc2)C3)cc1. The van der Waals surface area contributed by atoms with E-state index < -0.39 is 0 Å². The van der Waals surface area contributed by atoms with Gasteiger partial charge in [0.15, 0.2) is 0 Å². The Bertz CT molecular complexity index is 1050. The third kappa shape index (κ3) is 4.38. The van der Waals surface area contributed by atoms with E-state index in [-0.39, 0.29) is 5.91 Å². The van der Waals surface area contributed by atoms with Crippen LogP contribution in [0.4, 0.5) is 5.00 Å². The van der Waals surface area contributed by atoms with Crippen molar-refractivity contribution in [1.29, 1.82) is 5.26 Å². The van der Waals surface area contributed by atoms with E-state index in [4.69, 9.17) is 0 Å². The molecule has 0 radical (unpaired) electrons. The van der Waals surface area contributed by atoms with Crippen molar-refractivity contribution in [2.45, 2.75) is 24.4 Å². The number of benzene rings is 2. The van der Waals surface area contributed by atoms with Crippen LogP contribution in [0.25, 0.3) is 0 Å². The van der Waals surface area contributed by atoms with Gasteiger partial charge in [-0.1, -0.05) is 30.3 Å². The molecule has 1 aliphatic heterocycles. The van der Waals surface area contributed by atoms with E-state index in [2.05, 4.69) is 35.7 Å². The van der Waals surface area contributed by atoms with E-state index in [1.165, 1.54) is 15.3 Å². The van der Waals surface area contributed by atoms with E-state index in [9.17, 15) is 10.1 Å². The molecule has 1 unspecified atom stereocenters. The second kappa shape index (κ2) is 8.83. The Kier molecular flexibility index (Phi) is 6.00. The molecule has 2 heterocycles. The molecule has 1 atom stereocenters. The predicted molar refractivity (Wildman–Crippen MR) is 119 cm³/mol. The summed E-state index contributed by atoms with van der Waals surface area (Å²) >= 11 is 3.20. The maximum absolute atomic E-state index is 12.7. The molecule has 0 bridgehead atoms. The van der Waals surface area contributed by atoms with Crippen molar-refractivity contribution in [3.63, 3.8) is 0 Å². The highest BCUT2D eigenvalue weighted by atomic mass is 32.2. The Morgan fingerprint density at radius 3 is 2.66 bits per heavy atom. The topological polar surface area (TPSA) is 57.3 Å². The Morgan fingerprint density at radius 1 is 1.21 bits per heavy atom. The first-order valence-electron chi connectivity index (χ1n) is 9.55. The molecule has 3 aromatic rings. The number of carbonyl (C=O) groups is 1. The van der Waals surface area contributed by atoms with E-state index in [0.717, 1.165) is 36.5 Å². The van der Waals surface area contributed by atoms with Gasteiger partial charge in [-0.05, 0) is 36.1 Å². The van der Waals surface area contributed by atoms with Crippen molar-refractivity contribution in [3.8, 4) is 6.07 Å². The average molecular weight is 421 g/mol. The van der Waals surface area contributed by atoms with Gasteiger partial charge < -0.3 is 10.2 Å². The maximum atomic E-state index is 12.7. The van der Waals surface area contributed by atoms with Crippen molar-refractivity contribution in [2.24, 2.45) is 0 Å². The summed E-state index contributed by atoms with van der Waals surface area (Å²) < 4.78 is 0. The summed E-state index contributed by atoms with van der Waals surface area (Å²) in [6, 6.07) is 20.4. The lowest BCUT2D eigenvalue weighted by Crippen LogP contribution is -3.10. The quantitative estimate of drug-likeness (QED) is 0.619. The summed E-state index contributed by atoms with van der Waals surface area (Å²) in [7, 11) is 0. The number of rotatable bonds is 5. The van der Waals surface area contributed by atoms with Crippen LogP contribution in [-0.2, 0) is 19.5 Å². The summed E-state index contributed by atoms with van der Waals surface area (Å²) in [6.45, 7) is 2.86. The van der Waals surface area contributed by atoms with Gasteiger partial charge in [-0.15, -0.1) is 23.1 Å². The van der Waals surface area contributed by atoms with Gasteiger partial charge in [-0.25, -0.2) is 0 Å². The first kappa shape index (κ1) is 19.7. The van der Waals surface area contributed by atoms with Crippen LogP contribution in [0.1, 0.15) is 31.9 Å². The van der Waals surface area contributed by atoms with E-state index in [1.807, 2.05) is 36.6 Å². The lowest BCUT2D eigenvalue weighted by molar-refractivity contribution is -0.929. The minimum atomic E-state index is -0.166. The van der Waals surface area contributed by atoms with Gasteiger partial charge in [-0.2, -0.15) is 5.26 Å². The number of nitrogens with one attached hydrogen (secondary N) is 2. The number of hydrogen-bond donors (Lipinski definition) is 2. The van der Waals surface area contributed by atoms with Crippen LogP contribution >= 0.6 is 23.1 Å². The Balaban J connectivity index is 1.51. The second-order valence-electron chi connectivity index (χ2n) is 7.09. The van der Waals surface area contributed by atoms with Gasteiger partial charge in [-0.3, -0.25) is 4.79 Å². The number of quaternary nitrogens is 1. The standard InChI is InChI=1S/C23H21N3OS2/c1-28-18-9-7-17(8-10-18)22(27)25-23-20(13-24)19-11-12-26(15-21(19)29-23)14-16-5-3-2-4-6-16/h2-10H,11-12,14-15H2,1H3,(H,25,27)/p+1. The van der Waals surface area contributed by atoms with E-state index in [1.54, 1.807) is 23.1 Å². The van der Waals surface area contributed by atoms with E-state index in [0.29, 0.717) is 16.1 Å². The van der Waals surface area contributed by atoms with Gasteiger partial charge in [0, 0.05) is 22.4 Å². The molecule has 1 amide bonds. The van der Waals surface area contributed by atoms with Crippen LogP contribution in [0, 0.1) is 11.3 Å². The molecule has 0 aliphatic carbocycles. The number of nitrogens with zero attached hydrogens (tertiary/aromatic N) is 1. The van der Waals surface area contributed by atoms with Crippen molar-refractivity contribution in [2.75, 3.05) is 18.1 Å². The van der Waals surface area contributed by atoms with Crippen LogP contribution in [0.5, 0.6) is 0 Å².